The fraction of sp³-hybridized carbons (Fsp3) is 0.500. The Balaban J connectivity index is 2.42. The molecule has 1 saturated heterocycles. The van der Waals surface area contributed by atoms with Crippen molar-refractivity contribution >= 4 is 15.9 Å². The van der Waals surface area contributed by atoms with E-state index in [-0.39, 0.29) is 16.1 Å². The van der Waals surface area contributed by atoms with Crippen LogP contribution < -0.4 is 5.32 Å². The van der Waals surface area contributed by atoms with Crippen LogP contribution in [0, 0.1) is 0 Å². The van der Waals surface area contributed by atoms with Crippen molar-refractivity contribution in [2.24, 2.45) is 0 Å². The quantitative estimate of drug-likeness (QED) is 0.827. The standard InChI is InChI=1S/C12H13BrF3NO/c13-10-6-8(12(14,15)16)5-9(11(10)18)7-1-3-17-4-2-7/h5-7,17-18H,1-4H2. The highest BCUT2D eigenvalue weighted by atomic mass is 79.9. The lowest BCUT2D eigenvalue weighted by atomic mass is 9.88. The summed E-state index contributed by atoms with van der Waals surface area (Å²) in [4.78, 5) is 0. The van der Waals surface area contributed by atoms with Crippen LogP contribution in [-0.2, 0) is 6.18 Å². The maximum absolute atomic E-state index is 12.7. The Kier molecular flexibility index (Phi) is 3.87. The first kappa shape index (κ1) is 13.7. The number of hydrogen-bond acceptors (Lipinski definition) is 2. The van der Waals surface area contributed by atoms with Gasteiger partial charge in [-0.05, 0) is 65.5 Å². The maximum Gasteiger partial charge on any atom is 0.416 e. The molecule has 1 aliphatic rings. The first-order chi connectivity index (χ1) is 8.39. The summed E-state index contributed by atoms with van der Waals surface area (Å²) in [6.07, 6.45) is -2.92. The molecule has 0 amide bonds. The molecule has 0 aromatic heterocycles. The molecule has 0 unspecified atom stereocenters. The third kappa shape index (κ3) is 2.80. The van der Waals surface area contributed by atoms with Gasteiger partial charge in [-0.25, -0.2) is 0 Å². The summed E-state index contributed by atoms with van der Waals surface area (Å²) in [5, 5.41) is 13.1. The zero-order chi connectivity index (χ0) is 13.3. The zero-order valence-corrected chi connectivity index (χ0v) is 11.1. The third-order valence-electron chi connectivity index (χ3n) is 3.20. The Morgan fingerprint density at radius 2 is 1.83 bits per heavy atom. The van der Waals surface area contributed by atoms with E-state index < -0.39 is 11.7 Å². The summed E-state index contributed by atoms with van der Waals surface area (Å²) in [6, 6.07) is 1.98. The molecule has 1 fully saturated rings. The molecule has 1 aliphatic heterocycles. The first-order valence-electron chi connectivity index (χ1n) is 5.70. The summed E-state index contributed by atoms with van der Waals surface area (Å²) in [6.45, 7) is 1.52. The van der Waals surface area contributed by atoms with Gasteiger partial charge in [0.2, 0.25) is 0 Å². The molecule has 1 heterocycles. The van der Waals surface area contributed by atoms with E-state index in [1.54, 1.807) is 0 Å². The second-order valence-electron chi connectivity index (χ2n) is 4.42. The van der Waals surface area contributed by atoms with Crippen LogP contribution in [0.5, 0.6) is 5.75 Å². The number of halogens is 4. The van der Waals surface area contributed by atoms with Crippen LogP contribution in [-0.4, -0.2) is 18.2 Å². The second kappa shape index (κ2) is 5.09. The van der Waals surface area contributed by atoms with Crippen molar-refractivity contribution in [3.05, 3.63) is 27.7 Å². The highest BCUT2D eigenvalue weighted by Gasteiger charge is 2.33. The fourth-order valence-corrected chi connectivity index (χ4v) is 2.70. The third-order valence-corrected chi connectivity index (χ3v) is 3.80. The molecule has 0 bridgehead atoms. The normalized spacial score (nSPS) is 18.0. The number of benzene rings is 1. The molecule has 0 radical (unpaired) electrons. The molecule has 0 atom stereocenters. The van der Waals surface area contributed by atoms with Crippen LogP contribution in [0.2, 0.25) is 0 Å². The molecule has 1 aromatic carbocycles. The Bertz CT molecular complexity index is 442. The molecular weight excluding hydrogens is 311 g/mol. The highest BCUT2D eigenvalue weighted by molar-refractivity contribution is 9.10. The molecule has 0 spiro atoms. The van der Waals surface area contributed by atoms with Crippen molar-refractivity contribution in [2.75, 3.05) is 13.1 Å². The number of piperidine rings is 1. The van der Waals surface area contributed by atoms with Crippen LogP contribution in [0.25, 0.3) is 0 Å². The van der Waals surface area contributed by atoms with Crippen LogP contribution in [0.4, 0.5) is 13.2 Å². The predicted molar refractivity (Wildman–Crippen MR) is 65.7 cm³/mol. The van der Waals surface area contributed by atoms with Gasteiger partial charge in [0.1, 0.15) is 5.75 Å². The van der Waals surface area contributed by atoms with Gasteiger partial charge < -0.3 is 10.4 Å². The van der Waals surface area contributed by atoms with Gasteiger partial charge >= 0.3 is 6.18 Å². The lowest BCUT2D eigenvalue weighted by Gasteiger charge is -2.25. The Labute approximate surface area is 111 Å². The van der Waals surface area contributed by atoms with Gasteiger partial charge in [0.05, 0.1) is 10.0 Å². The molecule has 1 aromatic rings. The Hall–Kier alpha value is -0.750. The van der Waals surface area contributed by atoms with Crippen molar-refractivity contribution in [3.63, 3.8) is 0 Å². The number of rotatable bonds is 1. The first-order valence-corrected chi connectivity index (χ1v) is 6.49. The number of nitrogens with one attached hydrogen (secondary N) is 1. The van der Waals surface area contributed by atoms with Gasteiger partial charge in [0.25, 0.3) is 0 Å². The van der Waals surface area contributed by atoms with E-state index in [0.29, 0.717) is 5.56 Å². The van der Waals surface area contributed by atoms with Crippen LogP contribution in [0.15, 0.2) is 16.6 Å². The number of hydrogen-bond donors (Lipinski definition) is 2. The fourth-order valence-electron chi connectivity index (χ4n) is 2.23. The molecule has 2 nitrogen and oxygen atoms in total. The lowest BCUT2D eigenvalue weighted by Crippen LogP contribution is -2.26. The van der Waals surface area contributed by atoms with Gasteiger partial charge in [-0.1, -0.05) is 0 Å². The van der Waals surface area contributed by atoms with E-state index in [9.17, 15) is 18.3 Å². The van der Waals surface area contributed by atoms with Crippen molar-refractivity contribution in [2.45, 2.75) is 24.9 Å². The SMILES string of the molecule is Oc1c(Br)cc(C(F)(F)F)cc1C1CCNCC1. The van der Waals surface area contributed by atoms with Crippen LogP contribution in [0.1, 0.15) is 29.9 Å². The minimum absolute atomic E-state index is 0.0233. The summed E-state index contributed by atoms with van der Waals surface area (Å²) in [7, 11) is 0. The van der Waals surface area contributed by atoms with Gasteiger partial charge in [0, 0.05) is 0 Å². The number of alkyl halides is 3. The average Bonchev–Trinajstić information content (AvgIpc) is 2.32. The van der Waals surface area contributed by atoms with E-state index >= 15 is 0 Å². The van der Waals surface area contributed by atoms with Crippen molar-refractivity contribution < 1.29 is 18.3 Å². The Morgan fingerprint density at radius 1 is 1.22 bits per heavy atom. The Morgan fingerprint density at radius 3 is 2.39 bits per heavy atom. The van der Waals surface area contributed by atoms with Crippen molar-refractivity contribution in [1.82, 2.24) is 5.32 Å². The van der Waals surface area contributed by atoms with Crippen LogP contribution in [0.3, 0.4) is 0 Å². The molecule has 6 heteroatoms. The molecule has 18 heavy (non-hydrogen) atoms. The molecule has 2 N–H and O–H groups in total. The van der Waals surface area contributed by atoms with E-state index in [4.69, 9.17) is 0 Å². The molecule has 0 aliphatic carbocycles. The minimum atomic E-state index is -4.39. The monoisotopic (exact) mass is 323 g/mol. The topological polar surface area (TPSA) is 32.3 Å². The summed E-state index contributed by atoms with van der Waals surface area (Å²) in [5.41, 5.74) is -0.334. The van der Waals surface area contributed by atoms with Crippen molar-refractivity contribution in [3.8, 4) is 5.75 Å². The molecule has 100 valence electrons. The van der Waals surface area contributed by atoms with E-state index in [0.717, 1.165) is 38.1 Å². The molecule has 2 rings (SSSR count). The second-order valence-corrected chi connectivity index (χ2v) is 5.27. The maximum atomic E-state index is 12.7. The predicted octanol–water partition coefficient (Wildman–Crippen LogP) is 3.64. The lowest BCUT2D eigenvalue weighted by molar-refractivity contribution is -0.137. The van der Waals surface area contributed by atoms with Crippen molar-refractivity contribution in [1.29, 1.82) is 0 Å². The van der Waals surface area contributed by atoms with Gasteiger partial charge in [-0.15, -0.1) is 0 Å². The van der Waals surface area contributed by atoms with Gasteiger partial charge in [-0.2, -0.15) is 13.2 Å². The molecule has 0 saturated carbocycles. The van der Waals surface area contributed by atoms with Crippen LogP contribution >= 0.6 is 15.9 Å². The van der Waals surface area contributed by atoms with E-state index in [2.05, 4.69) is 21.2 Å². The minimum Gasteiger partial charge on any atom is -0.506 e. The van der Waals surface area contributed by atoms with Gasteiger partial charge in [0.15, 0.2) is 0 Å². The van der Waals surface area contributed by atoms with E-state index in [1.807, 2.05) is 0 Å². The highest BCUT2D eigenvalue weighted by Crippen LogP contribution is 2.41. The van der Waals surface area contributed by atoms with E-state index in [1.165, 1.54) is 0 Å². The number of aromatic hydroxyl groups is 1. The number of phenolic OH excluding ortho intramolecular Hbond substituents is 1. The summed E-state index contributed by atoms with van der Waals surface area (Å²) in [5.74, 6) is -0.0975. The largest absolute Gasteiger partial charge is 0.506 e. The average molecular weight is 324 g/mol. The molecular formula is C12H13BrF3NO. The zero-order valence-electron chi connectivity index (χ0n) is 9.52. The number of phenols is 1. The summed E-state index contributed by atoms with van der Waals surface area (Å²) < 4.78 is 38.3. The smallest absolute Gasteiger partial charge is 0.416 e. The van der Waals surface area contributed by atoms with Gasteiger partial charge in [-0.3, -0.25) is 0 Å². The summed E-state index contributed by atoms with van der Waals surface area (Å²) >= 11 is 2.99.